The highest BCUT2D eigenvalue weighted by Gasteiger charge is 2.27. The summed E-state index contributed by atoms with van der Waals surface area (Å²) in [5.74, 6) is 0.696. The Morgan fingerprint density at radius 3 is 2.83 bits per heavy atom. The molecule has 6 heteroatoms. The third-order valence-electron chi connectivity index (χ3n) is 4.90. The Bertz CT molecular complexity index is 632. The molecule has 24 heavy (non-hydrogen) atoms. The monoisotopic (exact) mass is 331 g/mol. The lowest BCUT2D eigenvalue weighted by atomic mass is 9.85. The van der Waals surface area contributed by atoms with E-state index in [1.165, 1.54) is 0 Å². The number of nitrogens with zero attached hydrogens (tertiary/aromatic N) is 1. The zero-order chi connectivity index (χ0) is 17.1. The summed E-state index contributed by atoms with van der Waals surface area (Å²) in [7, 11) is 1.57. The van der Waals surface area contributed by atoms with Crippen molar-refractivity contribution in [3.63, 3.8) is 0 Å². The zero-order valence-corrected chi connectivity index (χ0v) is 14.1. The number of anilines is 2. The molecule has 1 aliphatic heterocycles. The molecule has 1 aromatic carbocycles. The quantitative estimate of drug-likeness (QED) is 0.886. The molecule has 2 aliphatic rings. The van der Waals surface area contributed by atoms with E-state index >= 15 is 0 Å². The number of ether oxygens (including phenoxy) is 1. The van der Waals surface area contributed by atoms with E-state index in [0.717, 1.165) is 37.8 Å². The van der Waals surface area contributed by atoms with Crippen LogP contribution in [0.3, 0.4) is 0 Å². The van der Waals surface area contributed by atoms with Gasteiger partial charge in [-0.1, -0.05) is 6.42 Å². The second-order valence-corrected chi connectivity index (χ2v) is 6.65. The lowest BCUT2D eigenvalue weighted by Gasteiger charge is -2.26. The maximum Gasteiger partial charge on any atom is 0.227 e. The summed E-state index contributed by atoms with van der Waals surface area (Å²) in [4.78, 5) is 26.1. The molecular formula is C18H25N3O3. The van der Waals surface area contributed by atoms with Gasteiger partial charge in [0.2, 0.25) is 11.8 Å². The Kier molecular flexibility index (Phi) is 5.04. The number of methoxy groups -OCH3 is 1. The van der Waals surface area contributed by atoms with E-state index in [4.69, 9.17) is 10.5 Å². The van der Waals surface area contributed by atoms with Crippen LogP contribution in [0.25, 0.3) is 0 Å². The van der Waals surface area contributed by atoms with E-state index in [0.29, 0.717) is 24.4 Å². The predicted octanol–water partition coefficient (Wildman–Crippen LogP) is 2.28. The van der Waals surface area contributed by atoms with E-state index in [1.807, 2.05) is 12.1 Å². The van der Waals surface area contributed by atoms with Gasteiger partial charge in [-0.2, -0.15) is 0 Å². The van der Waals surface area contributed by atoms with Crippen molar-refractivity contribution in [2.45, 2.75) is 44.6 Å². The topological polar surface area (TPSA) is 84.7 Å². The van der Waals surface area contributed by atoms with Crippen LogP contribution in [-0.4, -0.2) is 31.5 Å². The van der Waals surface area contributed by atoms with Crippen molar-refractivity contribution < 1.29 is 14.3 Å². The fraction of sp³-hybridized carbons (Fsp3) is 0.556. The van der Waals surface area contributed by atoms with Crippen LogP contribution < -0.4 is 20.7 Å². The Morgan fingerprint density at radius 1 is 1.33 bits per heavy atom. The third-order valence-corrected chi connectivity index (χ3v) is 4.90. The van der Waals surface area contributed by atoms with Crippen LogP contribution in [0.5, 0.6) is 5.75 Å². The summed E-state index contributed by atoms with van der Waals surface area (Å²) in [5.41, 5.74) is 7.42. The molecule has 1 aromatic rings. The summed E-state index contributed by atoms with van der Waals surface area (Å²) < 4.78 is 5.43. The van der Waals surface area contributed by atoms with E-state index in [2.05, 4.69) is 5.32 Å². The maximum absolute atomic E-state index is 12.4. The molecule has 3 rings (SSSR count). The molecule has 0 aromatic heterocycles. The molecule has 2 atom stereocenters. The van der Waals surface area contributed by atoms with Crippen LogP contribution >= 0.6 is 0 Å². The van der Waals surface area contributed by atoms with Crippen molar-refractivity contribution in [3.8, 4) is 5.75 Å². The maximum atomic E-state index is 12.4. The lowest BCUT2D eigenvalue weighted by Crippen LogP contribution is -2.34. The van der Waals surface area contributed by atoms with E-state index in [1.54, 1.807) is 18.1 Å². The van der Waals surface area contributed by atoms with Gasteiger partial charge in [0.05, 0.1) is 12.8 Å². The molecule has 0 bridgehead atoms. The highest BCUT2D eigenvalue weighted by atomic mass is 16.5. The normalized spacial score (nSPS) is 24.1. The van der Waals surface area contributed by atoms with Gasteiger partial charge in [0.25, 0.3) is 0 Å². The lowest BCUT2D eigenvalue weighted by molar-refractivity contribution is -0.121. The zero-order valence-electron chi connectivity index (χ0n) is 14.1. The van der Waals surface area contributed by atoms with Gasteiger partial charge in [0, 0.05) is 36.7 Å². The van der Waals surface area contributed by atoms with Crippen molar-refractivity contribution in [2.24, 2.45) is 11.7 Å². The molecule has 2 amide bonds. The Hall–Kier alpha value is -2.08. The van der Waals surface area contributed by atoms with Crippen molar-refractivity contribution in [3.05, 3.63) is 18.2 Å². The van der Waals surface area contributed by atoms with Gasteiger partial charge in [-0.05, 0) is 37.8 Å². The first-order valence-electron chi connectivity index (χ1n) is 8.63. The Morgan fingerprint density at radius 2 is 2.17 bits per heavy atom. The first-order valence-corrected chi connectivity index (χ1v) is 8.63. The van der Waals surface area contributed by atoms with Gasteiger partial charge in [-0.15, -0.1) is 0 Å². The number of nitrogens with two attached hydrogens (primary N) is 1. The molecule has 2 fully saturated rings. The molecule has 0 spiro atoms. The summed E-state index contributed by atoms with van der Waals surface area (Å²) >= 11 is 0. The average Bonchev–Trinajstić information content (AvgIpc) is 3.00. The van der Waals surface area contributed by atoms with Crippen molar-refractivity contribution in [1.82, 2.24) is 0 Å². The summed E-state index contributed by atoms with van der Waals surface area (Å²) in [6.07, 6.45) is 5.06. The van der Waals surface area contributed by atoms with Gasteiger partial charge in [-0.3, -0.25) is 9.59 Å². The second kappa shape index (κ2) is 7.21. The third kappa shape index (κ3) is 3.53. The molecule has 0 radical (unpaired) electrons. The number of rotatable bonds is 4. The largest absolute Gasteiger partial charge is 0.494 e. The number of carbonyl (C=O) groups is 2. The van der Waals surface area contributed by atoms with Crippen LogP contribution in [0.2, 0.25) is 0 Å². The van der Waals surface area contributed by atoms with Gasteiger partial charge in [0.1, 0.15) is 5.75 Å². The number of benzene rings is 1. The van der Waals surface area contributed by atoms with Crippen LogP contribution in [0.4, 0.5) is 11.4 Å². The number of nitrogens with one attached hydrogen (secondary N) is 1. The van der Waals surface area contributed by atoms with E-state index in [-0.39, 0.29) is 23.8 Å². The van der Waals surface area contributed by atoms with Gasteiger partial charge in [-0.25, -0.2) is 0 Å². The Balaban J connectivity index is 1.72. The van der Waals surface area contributed by atoms with Gasteiger partial charge in [0.15, 0.2) is 0 Å². The van der Waals surface area contributed by atoms with Crippen LogP contribution in [0.15, 0.2) is 18.2 Å². The van der Waals surface area contributed by atoms with E-state index in [9.17, 15) is 9.59 Å². The number of carbonyl (C=O) groups excluding carboxylic acids is 2. The summed E-state index contributed by atoms with van der Waals surface area (Å²) in [5, 5.41) is 2.96. The average molecular weight is 331 g/mol. The van der Waals surface area contributed by atoms with E-state index < -0.39 is 0 Å². The second-order valence-electron chi connectivity index (χ2n) is 6.65. The molecule has 1 saturated carbocycles. The minimum absolute atomic E-state index is 0.0113. The fourth-order valence-electron chi connectivity index (χ4n) is 3.59. The minimum atomic E-state index is -0.0282. The van der Waals surface area contributed by atoms with Gasteiger partial charge < -0.3 is 20.7 Å². The standard InChI is InChI=1S/C18H25N3O3/c1-24-16-11-14(7-8-15(16)21-9-3-6-17(21)22)20-18(23)12-4-2-5-13(19)10-12/h7-8,11-13H,2-6,9-10,19H2,1H3,(H,20,23). The smallest absolute Gasteiger partial charge is 0.227 e. The summed E-state index contributed by atoms with van der Waals surface area (Å²) in [6, 6.07) is 5.56. The number of hydrogen-bond donors (Lipinski definition) is 2. The highest BCUT2D eigenvalue weighted by molar-refractivity contribution is 5.98. The fourth-order valence-corrected chi connectivity index (χ4v) is 3.59. The molecule has 6 nitrogen and oxygen atoms in total. The molecular weight excluding hydrogens is 306 g/mol. The SMILES string of the molecule is COc1cc(NC(=O)C2CCCC(N)C2)ccc1N1CCCC1=O. The van der Waals surface area contributed by atoms with Crippen molar-refractivity contribution in [1.29, 1.82) is 0 Å². The molecule has 3 N–H and O–H groups in total. The molecule has 1 heterocycles. The first-order chi connectivity index (χ1) is 11.6. The van der Waals surface area contributed by atoms with Crippen LogP contribution in [0, 0.1) is 5.92 Å². The molecule has 1 aliphatic carbocycles. The van der Waals surface area contributed by atoms with Crippen LogP contribution in [-0.2, 0) is 9.59 Å². The Labute approximate surface area is 142 Å². The molecule has 1 saturated heterocycles. The highest BCUT2D eigenvalue weighted by Crippen LogP contribution is 2.34. The van der Waals surface area contributed by atoms with Crippen molar-refractivity contribution >= 4 is 23.2 Å². The minimum Gasteiger partial charge on any atom is -0.494 e. The number of amides is 2. The van der Waals surface area contributed by atoms with Gasteiger partial charge >= 0.3 is 0 Å². The first kappa shape index (κ1) is 16.8. The molecule has 2 unspecified atom stereocenters. The predicted molar refractivity (Wildman–Crippen MR) is 93.1 cm³/mol. The number of hydrogen-bond acceptors (Lipinski definition) is 4. The summed E-state index contributed by atoms with van der Waals surface area (Å²) in [6.45, 7) is 0.709. The van der Waals surface area contributed by atoms with Crippen LogP contribution in [0.1, 0.15) is 38.5 Å². The molecule has 130 valence electrons. The van der Waals surface area contributed by atoms with Crippen molar-refractivity contribution in [2.75, 3.05) is 23.9 Å².